The quantitative estimate of drug-likeness (QED) is 0.0409. The highest BCUT2D eigenvalue weighted by Crippen LogP contribution is 2.33. The Bertz CT molecular complexity index is 3240. The fraction of sp³-hybridized carbons (Fsp3) is 0.709. The predicted octanol–water partition coefficient (Wildman–Crippen LogP) is 4.51. The molecule has 3 aromatic rings. The lowest BCUT2D eigenvalue weighted by atomic mass is 9.89. The van der Waals surface area contributed by atoms with E-state index in [0.717, 1.165) is 11.1 Å². The molecule has 28 nitrogen and oxygen atoms in total. The van der Waals surface area contributed by atoms with Crippen LogP contribution < -0.4 is 26.0 Å². The maximum Gasteiger partial charge on any atom is 0.245 e. The van der Waals surface area contributed by atoms with Crippen molar-refractivity contribution in [3.63, 3.8) is 0 Å². The molecular formula is C79H129N11O17. The first-order chi connectivity index (χ1) is 50.8. The molecule has 2 saturated heterocycles. The van der Waals surface area contributed by atoms with Gasteiger partial charge in [-0.2, -0.15) is 0 Å². The molecule has 1 aromatic heterocycles. The summed E-state index contributed by atoms with van der Waals surface area (Å²) < 4.78 is 36.6. The number of likely N-dealkylation sites (tertiary alicyclic amines) is 2. The van der Waals surface area contributed by atoms with Gasteiger partial charge in [0.25, 0.3) is 0 Å². The van der Waals surface area contributed by atoms with Gasteiger partial charge in [-0.25, -0.2) is 4.98 Å². The molecule has 602 valence electrons. The van der Waals surface area contributed by atoms with E-state index >= 15 is 0 Å². The summed E-state index contributed by atoms with van der Waals surface area (Å²) in [6, 6.07) is 9.29. The highest BCUT2D eigenvalue weighted by molar-refractivity contribution is 5.91. The molecule has 1 unspecified atom stereocenters. The normalized spacial score (nSPS) is 19.6. The fourth-order valence-electron chi connectivity index (χ4n) is 15.2. The zero-order chi connectivity index (χ0) is 79.7. The third kappa shape index (κ3) is 24.4. The van der Waals surface area contributed by atoms with Crippen molar-refractivity contribution in [2.75, 3.05) is 104 Å². The number of rotatable bonds is 45. The number of hydrogen-bond acceptors (Lipinski definition) is 20. The molecule has 3 heterocycles. The van der Waals surface area contributed by atoms with Crippen LogP contribution in [0, 0.1) is 35.5 Å². The van der Waals surface area contributed by atoms with Gasteiger partial charge >= 0.3 is 0 Å². The minimum atomic E-state index is -1.24. The van der Waals surface area contributed by atoms with Crippen LogP contribution in [-0.4, -0.2) is 285 Å². The van der Waals surface area contributed by atoms with Gasteiger partial charge in [0.1, 0.15) is 54.9 Å². The van der Waals surface area contributed by atoms with Crippen molar-refractivity contribution in [3.05, 3.63) is 84.1 Å². The van der Waals surface area contributed by atoms with E-state index in [2.05, 4.69) is 26.3 Å². The third-order valence-electron chi connectivity index (χ3n) is 22.1. The van der Waals surface area contributed by atoms with Crippen LogP contribution in [0.5, 0.6) is 5.75 Å². The second kappa shape index (κ2) is 43.9. The first-order valence-electron chi connectivity index (χ1n) is 38.1. The summed E-state index contributed by atoms with van der Waals surface area (Å²) in [4.78, 5) is 128. The molecule has 0 bridgehead atoms. The van der Waals surface area contributed by atoms with Crippen LogP contribution in [0.4, 0.5) is 0 Å². The number of aliphatic hydroxyl groups is 3. The van der Waals surface area contributed by atoms with E-state index < -0.39 is 134 Å². The number of ether oxygens (including phenoxy) is 5. The first kappa shape index (κ1) is 90.5. The van der Waals surface area contributed by atoms with E-state index in [1.165, 1.54) is 40.9 Å². The Morgan fingerprint density at radius 2 is 1.03 bits per heavy atom. The molecule has 28 heteroatoms. The zero-order valence-electron chi connectivity index (χ0n) is 67.3. The van der Waals surface area contributed by atoms with Gasteiger partial charge in [-0.15, -0.1) is 0 Å². The number of hydrogen-bond donors (Lipinski definition) is 7. The second-order valence-electron chi connectivity index (χ2n) is 30.4. The standard InChI is InChI=1S/C79H129N11O17/c1-21-49(7)69(87(15)78(100)67(47(3)4)83-75(98)60(44-91)85(11)12)63(102-17)42-65(94)89-36-27-33-58(89)71(104-19)51(9)73(96)81-56(40-53-29-24-23-25-30-53)62(93)46-107-55-32-26-31-54(39-55)41-57(77-80-35-38-106-77)82-74(97)52(10)72(105-20)59-34-28-37-90(59)66(95)43-64(103-18)70(50(8)22-2)88(16)79(101)68(48(5)6)84-76(99)61(45-92)86(13)14/h23-26,29-32,35,38-39,47-52,56-64,67-72,91-93H,21-22,27-28,33-34,36-37,40-46H2,1-20H3,(H,81,96)(H,82,97)(H,83,98)(H,84,99)/t49-,50-,51+,52+,56-,57?,58-,59-,60-,61-,62-,63+,64+,67-,68-,69-,70-,71+,72+/m0/s1. The van der Waals surface area contributed by atoms with Crippen LogP contribution in [0.25, 0.3) is 0 Å². The number of aliphatic hydroxyl groups excluding tert-OH is 3. The summed E-state index contributed by atoms with van der Waals surface area (Å²) in [6.07, 6.45) is 2.67. The monoisotopic (exact) mass is 1500 g/mol. The van der Waals surface area contributed by atoms with Crippen molar-refractivity contribution in [2.24, 2.45) is 35.5 Å². The molecule has 2 fully saturated rings. The van der Waals surface area contributed by atoms with Gasteiger partial charge in [0.05, 0.1) is 98.7 Å². The number of aromatic nitrogens is 1. The molecule has 0 saturated carbocycles. The first-order valence-corrected chi connectivity index (χ1v) is 38.1. The molecule has 0 aliphatic carbocycles. The number of nitrogens with zero attached hydrogens (tertiary/aromatic N) is 7. The minimum absolute atomic E-state index is 0.0784. The van der Waals surface area contributed by atoms with E-state index in [1.807, 2.05) is 91.8 Å². The van der Waals surface area contributed by atoms with E-state index in [-0.39, 0.29) is 91.4 Å². The lowest BCUT2D eigenvalue weighted by Crippen LogP contribution is -2.59. The molecule has 2 aliphatic heterocycles. The SMILES string of the molecule is CC[C@H](C)[C@@H]([C@@H](CC(=O)N1CCC[C@H]1[C@H](OC)[C@@H](C)C(=O)NC(Cc1cccc(OC[C@H](O)[C@H](Cc2ccccc2)NC(=O)[C@H](C)[C@@H](OC)[C@@H]2CCCN2C(=O)C[C@@H](OC)[C@H]([C@@H](C)CC)N(C)C(=O)[C@@H](NC(=O)[C@H](CO)N(C)C)C(C)C)c1)c1ncco1)OC)N(C)C(=O)[C@@H](NC(=O)[C@H](CO)N(C)C)C(C)C. The van der Waals surface area contributed by atoms with Crippen LogP contribution in [0.2, 0.25) is 0 Å². The predicted molar refractivity (Wildman–Crippen MR) is 406 cm³/mol. The molecule has 0 radical (unpaired) electrons. The third-order valence-corrected chi connectivity index (χ3v) is 22.1. The lowest BCUT2D eigenvalue weighted by molar-refractivity contribution is -0.148. The maximum atomic E-state index is 14.7. The van der Waals surface area contributed by atoms with E-state index in [1.54, 1.807) is 104 Å². The van der Waals surface area contributed by atoms with Crippen molar-refractivity contribution < 1.29 is 81.8 Å². The number of methoxy groups -OCH3 is 4. The number of oxazole rings is 1. The van der Waals surface area contributed by atoms with Gasteiger partial charge in [-0.05, 0) is 107 Å². The topological polar surface area (TPSA) is 337 Å². The molecule has 5 rings (SSSR count). The summed E-state index contributed by atoms with van der Waals surface area (Å²) in [5.41, 5.74) is 1.58. The Hall–Kier alpha value is -7.15. The van der Waals surface area contributed by atoms with Crippen LogP contribution in [0.3, 0.4) is 0 Å². The highest BCUT2D eigenvalue weighted by atomic mass is 16.5. The van der Waals surface area contributed by atoms with Crippen molar-refractivity contribution in [2.45, 2.75) is 224 Å². The average Bonchev–Trinajstić information content (AvgIpc) is 1.77. The largest absolute Gasteiger partial charge is 0.491 e. The van der Waals surface area contributed by atoms with Gasteiger partial charge in [0.2, 0.25) is 53.1 Å². The number of nitrogens with one attached hydrogen (secondary N) is 4. The van der Waals surface area contributed by atoms with Gasteiger partial charge in [0.15, 0.2) is 0 Å². The summed E-state index contributed by atoms with van der Waals surface area (Å²) in [7, 11) is 16.1. The Morgan fingerprint density at radius 3 is 1.42 bits per heavy atom. The number of likely N-dealkylation sites (N-methyl/N-ethyl adjacent to an activating group) is 4. The van der Waals surface area contributed by atoms with Crippen LogP contribution in [-0.2, 0) is 70.1 Å². The Labute approximate surface area is 635 Å². The van der Waals surface area contributed by atoms with Crippen LogP contribution >= 0.6 is 0 Å². The molecule has 7 N–H and O–H groups in total. The smallest absolute Gasteiger partial charge is 0.245 e. The molecular weight excluding hydrogens is 1370 g/mol. The van der Waals surface area contributed by atoms with E-state index in [0.29, 0.717) is 57.4 Å². The number of carbonyl (C=O) groups excluding carboxylic acids is 8. The van der Waals surface area contributed by atoms with Gasteiger partial charge in [-0.1, -0.05) is 125 Å². The van der Waals surface area contributed by atoms with Crippen molar-refractivity contribution >= 4 is 47.3 Å². The van der Waals surface area contributed by atoms with Crippen molar-refractivity contribution in [3.8, 4) is 5.75 Å². The van der Waals surface area contributed by atoms with Gasteiger partial charge < -0.3 is 84.3 Å². The minimum Gasteiger partial charge on any atom is -0.491 e. The van der Waals surface area contributed by atoms with Crippen LogP contribution in [0.1, 0.15) is 144 Å². The highest BCUT2D eigenvalue weighted by Gasteiger charge is 2.47. The average molecular weight is 1500 g/mol. The summed E-state index contributed by atoms with van der Waals surface area (Å²) >= 11 is 0. The summed E-state index contributed by atoms with van der Waals surface area (Å²) in [6.45, 7) is 18.5. The second-order valence-corrected chi connectivity index (χ2v) is 30.4. The fourth-order valence-corrected chi connectivity index (χ4v) is 15.2. The molecule has 2 aliphatic rings. The number of amides is 8. The molecule has 2 aromatic carbocycles. The summed E-state index contributed by atoms with van der Waals surface area (Å²) in [5, 5.41) is 44.0. The van der Waals surface area contributed by atoms with Crippen molar-refractivity contribution in [1.29, 1.82) is 0 Å². The Kier molecular flexibility index (Phi) is 37.1. The molecule has 107 heavy (non-hydrogen) atoms. The lowest BCUT2D eigenvalue weighted by Gasteiger charge is -2.41. The van der Waals surface area contributed by atoms with Crippen LogP contribution in [0.15, 0.2) is 71.5 Å². The number of benzene rings is 2. The Balaban J connectivity index is 1.28. The number of carbonyl (C=O) groups is 8. The molecule has 19 atom stereocenters. The van der Waals surface area contributed by atoms with E-state index in [9.17, 15) is 53.7 Å². The van der Waals surface area contributed by atoms with E-state index in [4.69, 9.17) is 28.1 Å². The molecule has 8 amide bonds. The zero-order valence-corrected chi connectivity index (χ0v) is 67.3. The van der Waals surface area contributed by atoms with Crippen molar-refractivity contribution in [1.82, 2.24) is 55.7 Å². The van der Waals surface area contributed by atoms with Gasteiger partial charge in [0, 0.05) is 62.0 Å². The Morgan fingerprint density at radius 1 is 0.579 bits per heavy atom. The molecule has 0 spiro atoms. The maximum absolute atomic E-state index is 14.7. The van der Waals surface area contributed by atoms with Gasteiger partial charge in [-0.3, -0.25) is 48.2 Å². The summed E-state index contributed by atoms with van der Waals surface area (Å²) in [5.74, 6) is -4.76.